The van der Waals surface area contributed by atoms with Crippen molar-refractivity contribution in [1.29, 1.82) is 0 Å². The SMILES string of the molecule is CN(C(=O)c1ccccc1)c1cccc(C(=O)Cc2c(Br)cc(C(F)(C(F)(F)F)C(F)(F)F)cc2C(F)(F)F)c1F. The normalized spacial score (nSPS) is 12.8. The number of alkyl halides is 10. The number of amides is 1. The van der Waals surface area contributed by atoms with Crippen molar-refractivity contribution in [3.8, 4) is 0 Å². The van der Waals surface area contributed by atoms with Gasteiger partial charge in [-0.25, -0.2) is 8.78 Å². The summed E-state index contributed by atoms with van der Waals surface area (Å²) < 4.78 is 149. The highest BCUT2D eigenvalue weighted by Crippen LogP contribution is 2.54. The number of hydrogen-bond acceptors (Lipinski definition) is 2. The Hall–Kier alpha value is -3.49. The Balaban J connectivity index is 2.08. The zero-order valence-corrected chi connectivity index (χ0v) is 21.9. The molecule has 0 saturated heterocycles. The third kappa shape index (κ3) is 6.09. The van der Waals surface area contributed by atoms with Crippen LogP contribution in [0.3, 0.4) is 0 Å². The molecule has 3 aromatic rings. The van der Waals surface area contributed by atoms with E-state index in [9.17, 15) is 53.5 Å². The number of carbonyl (C=O) groups is 2. The molecule has 0 bridgehead atoms. The molecule has 3 rings (SSSR count). The molecule has 0 radical (unpaired) electrons. The van der Waals surface area contributed by atoms with Gasteiger partial charge in [-0.15, -0.1) is 0 Å². The third-order valence-corrected chi connectivity index (χ3v) is 6.69. The fourth-order valence-electron chi connectivity index (χ4n) is 3.89. The van der Waals surface area contributed by atoms with Gasteiger partial charge in [-0.2, -0.15) is 39.5 Å². The second-order valence-corrected chi connectivity index (χ2v) is 9.46. The number of anilines is 1. The Morgan fingerprint density at radius 1 is 0.805 bits per heavy atom. The molecule has 3 aromatic carbocycles. The predicted octanol–water partition coefficient (Wildman–Crippen LogP) is 8.60. The van der Waals surface area contributed by atoms with E-state index in [2.05, 4.69) is 15.9 Å². The van der Waals surface area contributed by atoms with Crippen LogP contribution >= 0.6 is 15.9 Å². The topological polar surface area (TPSA) is 37.4 Å². The van der Waals surface area contributed by atoms with Crippen LogP contribution in [0.1, 0.15) is 37.4 Å². The summed E-state index contributed by atoms with van der Waals surface area (Å²) in [6.45, 7) is 0. The zero-order valence-electron chi connectivity index (χ0n) is 20.3. The first-order chi connectivity index (χ1) is 18.7. The van der Waals surface area contributed by atoms with Crippen molar-refractivity contribution in [3.05, 3.63) is 98.8 Å². The summed E-state index contributed by atoms with van der Waals surface area (Å²) in [5, 5.41) is 0. The number of halogens is 12. The standard InChI is InChI=1S/C26H15BrF11NO2/c1-39(22(41)13-6-3-2-4-7-13)19-9-5-8-15(21(19)28)20(40)12-16-17(24(30,31)32)10-14(11-18(16)27)23(29,25(33,34)35)26(36,37)38/h2-11H,12H2,1H3. The molecule has 1 amide bonds. The fraction of sp³-hybridized carbons (Fsp3) is 0.231. The summed E-state index contributed by atoms with van der Waals surface area (Å²) in [4.78, 5) is 26.4. The predicted molar refractivity (Wildman–Crippen MR) is 128 cm³/mol. The lowest BCUT2D eigenvalue weighted by atomic mass is 9.89. The molecule has 15 heteroatoms. The quantitative estimate of drug-likeness (QED) is 0.196. The highest BCUT2D eigenvalue weighted by Gasteiger charge is 2.73. The number of benzene rings is 3. The van der Waals surface area contributed by atoms with Gasteiger partial charge in [0.05, 0.1) is 16.8 Å². The second-order valence-electron chi connectivity index (χ2n) is 8.60. The Kier molecular flexibility index (Phi) is 8.64. The molecule has 0 atom stereocenters. The maximum absolute atomic E-state index is 15.3. The summed E-state index contributed by atoms with van der Waals surface area (Å²) in [5.41, 5.74) is -13.1. The van der Waals surface area contributed by atoms with Gasteiger partial charge in [0.15, 0.2) is 11.6 Å². The lowest BCUT2D eigenvalue weighted by molar-refractivity contribution is -0.348. The van der Waals surface area contributed by atoms with Crippen LogP contribution in [0.5, 0.6) is 0 Å². The van der Waals surface area contributed by atoms with Crippen LogP contribution < -0.4 is 4.90 Å². The van der Waals surface area contributed by atoms with Crippen LogP contribution in [0.2, 0.25) is 0 Å². The maximum atomic E-state index is 15.3. The van der Waals surface area contributed by atoms with E-state index in [0.29, 0.717) is 0 Å². The van der Waals surface area contributed by atoms with Gasteiger partial charge in [0.25, 0.3) is 5.91 Å². The maximum Gasteiger partial charge on any atom is 0.435 e. The number of hydrogen-bond donors (Lipinski definition) is 0. The van der Waals surface area contributed by atoms with Gasteiger partial charge in [0.2, 0.25) is 0 Å². The lowest BCUT2D eigenvalue weighted by Crippen LogP contribution is -2.50. The highest BCUT2D eigenvalue weighted by atomic mass is 79.9. The molecule has 0 heterocycles. The first kappa shape index (κ1) is 32.0. The molecule has 0 aliphatic carbocycles. The summed E-state index contributed by atoms with van der Waals surface area (Å²) in [6.07, 6.45) is -20.4. The first-order valence-electron chi connectivity index (χ1n) is 11.1. The van der Waals surface area contributed by atoms with Gasteiger partial charge in [-0.3, -0.25) is 9.59 Å². The van der Waals surface area contributed by atoms with Gasteiger partial charge in [-0.05, 0) is 42.0 Å². The van der Waals surface area contributed by atoms with Crippen molar-refractivity contribution < 1.29 is 57.9 Å². The summed E-state index contributed by atoms with van der Waals surface area (Å²) in [5.74, 6) is -3.42. The fourth-order valence-corrected chi connectivity index (χ4v) is 4.49. The number of ketones is 1. The Labute approximate surface area is 232 Å². The van der Waals surface area contributed by atoms with E-state index >= 15 is 4.39 Å². The van der Waals surface area contributed by atoms with Crippen molar-refractivity contribution in [2.45, 2.75) is 30.6 Å². The number of carbonyl (C=O) groups excluding carboxylic acids is 2. The smallest absolute Gasteiger partial charge is 0.309 e. The van der Waals surface area contributed by atoms with E-state index in [1.165, 1.54) is 24.3 Å². The molecule has 0 spiro atoms. The second kappa shape index (κ2) is 11.1. The van der Waals surface area contributed by atoms with Crippen molar-refractivity contribution >= 4 is 33.3 Å². The molecule has 41 heavy (non-hydrogen) atoms. The molecule has 3 nitrogen and oxygen atoms in total. The summed E-state index contributed by atoms with van der Waals surface area (Å²) in [6, 6.07) is 9.68. The highest BCUT2D eigenvalue weighted by molar-refractivity contribution is 9.10. The van der Waals surface area contributed by atoms with Crippen LogP contribution in [0.15, 0.2) is 65.1 Å². The van der Waals surface area contributed by atoms with Crippen LogP contribution in [0.4, 0.5) is 54.0 Å². The third-order valence-electron chi connectivity index (χ3n) is 5.98. The Bertz CT molecular complexity index is 1450. The van der Waals surface area contributed by atoms with Crippen molar-refractivity contribution in [2.24, 2.45) is 0 Å². The molecule has 0 aliphatic heterocycles. The summed E-state index contributed by atoms with van der Waals surface area (Å²) in [7, 11) is 1.16. The van der Waals surface area contributed by atoms with E-state index in [1.807, 2.05) is 0 Å². The zero-order chi connectivity index (χ0) is 31.1. The van der Waals surface area contributed by atoms with E-state index in [-0.39, 0.29) is 11.6 Å². The van der Waals surface area contributed by atoms with Gasteiger partial charge in [-0.1, -0.05) is 40.2 Å². The molecular weight excluding hydrogens is 647 g/mol. The van der Waals surface area contributed by atoms with Crippen molar-refractivity contribution in [2.75, 3.05) is 11.9 Å². The van der Waals surface area contributed by atoms with Crippen LogP contribution in [0, 0.1) is 5.82 Å². The van der Waals surface area contributed by atoms with Gasteiger partial charge >= 0.3 is 24.2 Å². The van der Waals surface area contributed by atoms with Crippen molar-refractivity contribution in [3.63, 3.8) is 0 Å². The van der Waals surface area contributed by atoms with Crippen LogP contribution in [-0.4, -0.2) is 31.1 Å². The number of nitrogens with zero attached hydrogens (tertiary/aromatic N) is 1. The minimum Gasteiger partial charge on any atom is -0.309 e. The van der Waals surface area contributed by atoms with Crippen molar-refractivity contribution in [1.82, 2.24) is 0 Å². The number of Topliss-reactive ketones (excluding diaryl/α,β-unsaturated/α-hetero) is 1. The van der Waals surface area contributed by atoms with E-state index in [0.717, 1.165) is 30.1 Å². The first-order valence-corrected chi connectivity index (χ1v) is 11.9. The minimum absolute atomic E-state index is 0.131. The van der Waals surface area contributed by atoms with E-state index < -0.39 is 86.6 Å². The Morgan fingerprint density at radius 2 is 1.37 bits per heavy atom. The lowest BCUT2D eigenvalue weighted by Gasteiger charge is -2.31. The molecule has 0 saturated carbocycles. The van der Waals surface area contributed by atoms with Crippen LogP contribution in [-0.2, 0) is 18.3 Å². The van der Waals surface area contributed by atoms with E-state index in [1.54, 1.807) is 6.07 Å². The average Bonchev–Trinajstić information content (AvgIpc) is 2.86. The minimum atomic E-state index is -6.70. The average molecular weight is 662 g/mol. The Morgan fingerprint density at radius 3 is 1.88 bits per heavy atom. The van der Waals surface area contributed by atoms with Gasteiger partial charge < -0.3 is 4.90 Å². The largest absolute Gasteiger partial charge is 0.435 e. The molecule has 0 unspecified atom stereocenters. The van der Waals surface area contributed by atoms with Gasteiger partial charge in [0, 0.05) is 29.1 Å². The van der Waals surface area contributed by atoms with Gasteiger partial charge in [0.1, 0.15) is 0 Å². The monoisotopic (exact) mass is 661 g/mol. The van der Waals surface area contributed by atoms with Crippen LogP contribution in [0.25, 0.3) is 0 Å². The molecular formula is C26H15BrF11NO2. The molecule has 0 N–H and O–H groups in total. The summed E-state index contributed by atoms with van der Waals surface area (Å²) >= 11 is 2.42. The molecule has 220 valence electrons. The molecule has 0 aliphatic rings. The number of rotatable bonds is 6. The van der Waals surface area contributed by atoms with E-state index in [4.69, 9.17) is 0 Å². The molecule has 0 aromatic heterocycles. The molecule has 0 fully saturated rings.